The number of fused-ring (bicyclic) bond motifs is 1. The van der Waals surface area contributed by atoms with Crippen LogP contribution in [0.5, 0.6) is 0 Å². The molecule has 2 nitrogen and oxygen atoms in total. The van der Waals surface area contributed by atoms with E-state index in [2.05, 4.69) is 23.8 Å². The molecular formula is C11H11ClN2. The van der Waals surface area contributed by atoms with Crippen molar-refractivity contribution in [3.63, 3.8) is 0 Å². The molecule has 0 amide bonds. The van der Waals surface area contributed by atoms with E-state index in [1.807, 2.05) is 24.4 Å². The van der Waals surface area contributed by atoms with E-state index in [4.69, 9.17) is 11.6 Å². The fourth-order valence-electron chi connectivity index (χ4n) is 1.29. The van der Waals surface area contributed by atoms with E-state index in [1.54, 1.807) is 0 Å². The van der Waals surface area contributed by atoms with Gasteiger partial charge in [-0.25, -0.2) is 4.98 Å². The Hall–Kier alpha value is -1.15. The fraction of sp³-hybridized carbons (Fsp3) is 0.273. The maximum absolute atomic E-state index is 6.03. The Morgan fingerprint density at radius 3 is 2.79 bits per heavy atom. The average Bonchev–Trinajstić information content (AvgIpc) is 2.18. The van der Waals surface area contributed by atoms with Crippen molar-refractivity contribution in [2.24, 2.45) is 0 Å². The first-order chi connectivity index (χ1) is 6.68. The Morgan fingerprint density at radius 2 is 2.07 bits per heavy atom. The summed E-state index contributed by atoms with van der Waals surface area (Å²) in [7, 11) is 0. The number of hydrogen-bond donors (Lipinski definition) is 0. The van der Waals surface area contributed by atoms with Crippen LogP contribution in [-0.2, 0) is 0 Å². The van der Waals surface area contributed by atoms with E-state index in [-0.39, 0.29) is 0 Å². The number of nitrogens with zero attached hydrogens (tertiary/aromatic N) is 2. The zero-order chi connectivity index (χ0) is 10.1. The second-order valence-corrected chi connectivity index (χ2v) is 3.96. The summed E-state index contributed by atoms with van der Waals surface area (Å²) in [6.07, 6.45) is 1.81. The Balaban J connectivity index is 2.70. The summed E-state index contributed by atoms with van der Waals surface area (Å²) in [6.45, 7) is 4.18. The van der Waals surface area contributed by atoms with Gasteiger partial charge in [0.2, 0.25) is 0 Å². The molecule has 0 atom stereocenters. The van der Waals surface area contributed by atoms with Crippen molar-refractivity contribution < 1.29 is 0 Å². The summed E-state index contributed by atoms with van der Waals surface area (Å²) >= 11 is 6.03. The van der Waals surface area contributed by atoms with Crippen molar-refractivity contribution in [1.82, 2.24) is 9.97 Å². The van der Waals surface area contributed by atoms with Crippen LogP contribution in [0.4, 0.5) is 0 Å². The van der Waals surface area contributed by atoms with Crippen molar-refractivity contribution >= 4 is 22.6 Å². The maximum Gasteiger partial charge on any atom is 0.108 e. The average molecular weight is 207 g/mol. The molecule has 0 aliphatic rings. The van der Waals surface area contributed by atoms with Crippen LogP contribution in [0.1, 0.15) is 25.5 Å². The highest BCUT2D eigenvalue weighted by atomic mass is 35.5. The number of hydrogen-bond acceptors (Lipinski definition) is 2. The monoisotopic (exact) mass is 206 g/mol. The number of rotatable bonds is 1. The topological polar surface area (TPSA) is 25.8 Å². The lowest BCUT2D eigenvalue weighted by Gasteiger charge is -2.05. The minimum atomic E-state index is 0.378. The Morgan fingerprint density at radius 1 is 1.29 bits per heavy atom. The molecule has 0 bridgehead atoms. The number of para-hydroxylation sites is 1. The quantitative estimate of drug-likeness (QED) is 0.715. The van der Waals surface area contributed by atoms with E-state index < -0.39 is 0 Å². The first-order valence-corrected chi connectivity index (χ1v) is 4.97. The summed E-state index contributed by atoms with van der Waals surface area (Å²) in [5.74, 6) is 0.378. The zero-order valence-corrected chi connectivity index (χ0v) is 8.92. The largest absolute Gasteiger partial charge is 0.253 e. The summed E-state index contributed by atoms with van der Waals surface area (Å²) in [6, 6.07) is 5.63. The predicted octanol–water partition coefficient (Wildman–Crippen LogP) is 3.41. The van der Waals surface area contributed by atoms with Gasteiger partial charge < -0.3 is 0 Å². The van der Waals surface area contributed by atoms with Crippen molar-refractivity contribution in [2.75, 3.05) is 0 Å². The van der Waals surface area contributed by atoms with Gasteiger partial charge in [0.1, 0.15) is 5.52 Å². The van der Waals surface area contributed by atoms with Gasteiger partial charge in [-0.3, -0.25) is 4.98 Å². The van der Waals surface area contributed by atoms with Gasteiger partial charge in [0.15, 0.2) is 0 Å². The van der Waals surface area contributed by atoms with Gasteiger partial charge in [-0.15, -0.1) is 0 Å². The smallest absolute Gasteiger partial charge is 0.108 e. The Labute approximate surface area is 88.0 Å². The lowest BCUT2D eigenvalue weighted by Crippen LogP contribution is -1.95. The van der Waals surface area contributed by atoms with E-state index in [1.165, 1.54) is 0 Å². The van der Waals surface area contributed by atoms with Crippen LogP contribution in [-0.4, -0.2) is 9.97 Å². The third kappa shape index (κ3) is 1.58. The molecule has 0 saturated carbocycles. The first-order valence-electron chi connectivity index (χ1n) is 4.59. The molecule has 0 unspecified atom stereocenters. The SMILES string of the molecule is CC(C)c1cnc2cccc(Cl)c2n1. The van der Waals surface area contributed by atoms with E-state index in [0.29, 0.717) is 10.9 Å². The van der Waals surface area contributed by atoms with Crippen LogP contribution < -0.4 is 0 Å². The van der Waals surface area contributed by atoms with Gasteiger partial charge in [-0.1, -0.05) is 31.5 Å². The second kappa shape index (κ2) is 3.54. The number of halogens is 1. The van der Waals surface area contributed by atoms with Gasteiger partial charge in [0.25, 0.3) is 0 Å². The molecule has 0 N–H and O–H groups in total. The van der Waals surface area contributed by atoms with Gasteiger partial charge in [0, 0.05) is 6.20 Å². The van der Waals surface area contributed by atoms with Crippen LogP contribution in [0.15, 0.2) is 24.4 Å². The highest BCUT2D eigenvalue weighted by Crippen LogP contribution is 2.21. The molecule has 0 aliphatic heterocycles. The van der Waals surface area contributed by atoms with Gasteiger partial charge in [-0.05, 0) is 18.1 Å². The molecule has 0 aliphatic carbocycles. The lowest BCUT2D eigenvalue weighted by molar-refractivity contribution is 0.822. The normalized spacial score (nSPS) is 11.1. The molecule has 72 valence electrons. The third-order valence-corrected chi connectivity index (χ3v) is 2.44. The van der Waals surface area contributed by atoms with Crippen molar-refractivity contribution in [3.8, 4) is 0 Å². The first kappa shape index (κ1) is 9.41. The molecule has 0 radical (unpaired) electrons. The van der Waals surface area contributed by atoms with Crippen molar-refractivity contribution in [1.29, 1.82) is 0 Å². The number of benzene rings is 1. The summed E-state index contributed by atoms with van der Waals surface area (Å²) < 4.78 is 0. The van der Waals surface area contributed by atoms with Crippen LogP contribution in [0.2, 0.25) is 5.02 Å². The van der Waals surface area contributed by atoms with Crippen LogP contribution in [0.25, 0.3) is 11.0 Å². The highest BCUT2D eigenvalue weighted by Gasteiger charge is 2.05. The molecule has 2 rings (SSSR count). The molecule has 0 saturated heterocycles. The molecule has 3 heteroatoms. The van der Waals surface area contributed by atoms with E-state index >= 15 is 0 Å². The molecule has 1 aromatic carbocycles. The summed E-state index contributed by atoms with van der Waals surface area (Å²) in [5.41, 5.74) is 2.62. The molecule has 1 heterocycles. The fourth-order valence-corrected chi connectivity index (χ4v) is 1.50. The minimum Gasteiger partial charge on any atom is -0.253 e. The molecule has 2 aromatic rings. The zero-order valence-electron chi connectivity index (χ0n) is 8.16. The van der Waals surface area contributed by atoms with Crippen LogP contribution in [0.3, 0.4) is 0 Å². The van der Waals surface area contributed by atoms with Crippen molar-refractivity contribution in [3.05, 3.63) is 35.1 Å². The molecule has 14 heavy (non-hydrogen) atoms. The summed E-state index contributed by atoms with van der Waals surface area (Å²) in [5, 5.41) is 0.664. The molecular weight excluding hydrogens is 196 g/mol. The second-order valence-electron chi connectivity index (χ2n) is 3.56. The Kier molecular flexibility index (Phi) is 2.38. The number of aromatic nitrogens is 2. The molecule has 0 fully saturated rings. The highest BCUT2D eigenvalue weighted by molar-refractivity contribution is 6.34. The van der Waals surface area contributed by atoms with E-state index in [0.717, 1.165) is 16.7 Å². The molecule has 1 aromatic heterocycles. The molecule has 0 spiro atoms. The minimum absolute atomic E-state index is 0.378. The van der Waals surface area contributed by atoms with Gasteiger partial charge in [-0.2, -0.15) is 0 Å². The summed E-state index contributed by atoms with van der Waals surface area (Å²) in [4.78, 5) is 8.80. The van der Waals surface area contributed by atoms with Crippen LogP contribution in [0, 0.1) is 0 Å². The lowest BCUT2D eigenvalue weighted by atomic mass is 10.1. The van der Waals surface area contributed by atoms with Crippen molar-refractivity contribution in [2.45, 2.75) is 19.8 Å². The Bertz CT molecular complexity index is 466. The van der Waals surface area contributed by atoms with Crippen LogP contribution >= 0.6 is 11.6 Å². The van der Waals surface area contributed by atoms with Gasteiger partial charge in [0.05, 0.1) is 16.2 Å². The predicted molar refractivity (Wildman–Crippen MR) is 58.6 cm³/mol. The maximum atomic E-state index is 6.03. The van der Waals surface area contributed by atoms with Gasteiger partial charge >= 0.3 is 0 Å². The third-order valence-electron chi connectivity index (χ3n) is 2.13. The van der Waals surface area contributed by atoms with E-state index in [9.17, 15) is 0 Å². The standard InChI is InChI=1S/C11H11ClN2/c1-7(2)10-6-13-9-5-3-4-8(12)11(9)14-10/h3-7H,1-2H3.